The van der Waals surface area contributed by atoms with Gasteiger partial charge in [-0.25, -0.2) is 0 Å². The molecule has 0 aromatic carbocycles. The Labute approximate surface area is 353 Å². The molecule has 0 aromatic rings. The first-order valence-corrected chi connectivity index (χ1v) is 3.63. The second kappa shape index (κ2) is 44.5. The Morgan fingerprint density at radius 1 is 0.450 bits per heavy atom. The van der Waals surface area contributed by atoms with Crippen LogP contribution in [-0.2, 0) is 19.2 Å². The number of hydrogen-bond donors (Lipinski definition) is 0. The van der Waals surface area contributed by atoms with Crippen molar-refractivity contribution in [3.8, 4) is 0 Å². The zero-order valence-electron chi connectivity index (χ0n) is 13.3. The van der Waals surface area contributed by atoms with Crippen LogP contribution in [0, 0.1) is 0 Å². The van der Waals surface area contributed by atoms with Crippen LogP contribution in [0.15, 0.2) is 0 Å². The van der Waals surface area contributed by atoms with Crippen molar-refractivity contribution in [2.24, 2.45) is 0 Å². The minimum Gasteiger partial charge on any atom is -0.550 e. The molecule has 0 aromatic heterocycles. The Morgan fingerprint density at radius 3 is 0.450 bits per heavy atom. The summed E-state index contributed by atoms with van der Waals surface area (Å²) in [5.41, 5.74) is 0. The molecule has 0 spiro atoms. The van der Waals surface area contributed by atoms with Crippen molar-refractivity contribution in [3.63, 3.8) is 0 Å². The van der Waals surface area contributed by atoms with Crippen LogP contribution in [0.25, 0.3) is 0 Å². The van der Waals surface area contributed by atoms with Gasteiger partial charge >= 0.3 is 276 Å². The van der Waals surface area contributed by atoms with Gasteiger partial charge in [-0.3, -0.25) is 0 Å². The largest absolute Gasteiger partial charge is 1.00 e. The van der Waals surface area contributed by atoms with E-state index in [-0.39, 0.29) is 276 Å². The molecule has 0 saturated heterocycles. The first kappa shape index (κ1) is 50.2. The van der Waals surface area contributed by atoms with Gasteiger partial charge in [-0.15, -0.1) is 0 Å². The second-order valence-corrected chi connectivity index (χ2v) is 1.97. The molecule has 0 atom stereocenters. The van der Waals surface area contributed by atoms with Gasteiger partial charge in [0.25, 0.3) is 0 Å². The van der Waals surface area contributed by atoms with Crippen LogP contribution in [0.1, 0.15) is 27.7 Å². The number of carboxylic acid groups (broad SMARTS) is 4. The zero-order chi connectivity index (χ0) is 14.3. The fourth-order valence-electron chi connectivity index (χ4n) is 0. The Bertz CT molecular complexity index is 171. The molecule has 0 amide bonds. The molecule has 0 radical (unpaired) electrons. The van der Waals surface area contributed by atoms with E-state index in [2.05, 4.69) is 0 Å². The number of carbonyl (C=O) groups excluding carboxylic acids is 4. The third-order valence-corrected chi connectivity index (χ3v) is 0. The molecule has 96 valence electrons. The minimum atomic E-state index is -1.08. The predicted octanol–water partition coefficient (Wildman–Crippen LogP) is -17.0. The van der Waals surface area contributed by atoms with Crippen LogP contribution in [0.4, 0.5) is 0 Å². The summed E-state index contributed by atoms with van der Waals surface area (Å²) in [4.78, 5) is 35.6. The summed E-state index contributed by atoms with van der Waals surface area (Å²) >= 11 is 0. The van der Waals surface area contributed by atoms with E-state index in [9.17, 15) is 0 Å². The van der Waals surface area contributed by atoms with Gasteiger partial charge in [-0.05, 0) is 27.7 Å². The number of aliphatic carboxylic acids is 4. The van der Waals surface area contributed by atoms with Gasteiger partial charge in [0, 0.05) is 23.9 Å². The smallest absolute Gasteiger partial charge is 0.550 e. The molecule has 0 aliphatic carbocycles. The SMILES string of the molecule is CC(=O)[O-].CC(=O)[O-].CC(=O)[O-].CC(=O)[O-].[Cs+].[Cs+].[Cs+].[Cs+]. The van der Waals surface area contributed by atoms with Crippen molar-refractivity contribution in [1.82, 2.24) is 0 Å². The summed E-state index contributed by atoms with van der Waals surface area (Å²) in [5.74, 6) is -4.33. The van der Waals surface area contributed by atoms with E-state index < -0.39 is 23.9 Å². The molecule has 20 heavy (non-hydrogen) atoms. The summed E-state index contributed by atoms with van der Waals surface area (Å²) in [7, 11) is 0. The van der Waals surface area contributed by atoms with Crippen LogP contribution in [0.5, 0.6) is 0 Å². The van der Waals surface area contributed by atoms with Crippen LogP contribution >= 0.6 is 0 Å². The summed E-state index contributed by atoms with van der Waals surface area (Å²) in [6.07, 6.45) is 0. The van der Waals surface area contributed by atoms with Gasteiger partial charge in [0.1, 0.15) is 0 Å². The zero-order valence-corrected chi connectivity index (χ0v) is 38.4. The Balaban J connectivity index is -0.0000000150. The summed E-state index contributed by atoms with van der Waals surface area (Å²) in [6, 6.07) is 0. The molecule has 0 heterocycles. The third-order valence-electron chi connectivity index (χ3n) is 0. The maximum atomic E-state index is 8.89. The molecular formula is C8H12Cs4O8. The first-order chi connectivity index (χ1) is 6.93. The maximum absolute atomic E-state index is 8.89. The molecule has 0 fully saturated rings. The van der Waals surface area contributed by atoms with Gasteiger partial charge in [0.15, 0.2) is 0 Å². The minimum absolute atomic E-state index is 0. The van der Waals surface area contributed by atoms with Crippen molar-refractivity contribution in [1.29, 1.82) is 0 Å². The summed E-state index contributed by atoms with van der Waals surface area (Å²) < 4.78 is 0. The van der Waals surface area contributed by atoms with E-state index in [0.717, 1.165) is 27.7 Å². The van der Waals surface area contributed by atoms with Gasteiger partial charge < -0.3 is 39.6 Å². The van der Waals surface area contributed by atoms with Crippen molar-refractivity contribution < 1.29 is 315 Å². The average Bonchev–Trinajstić information content (AvgIpc) is 1.76. The van der Waals surface area contributed by atoms with Crippen molar-refractivity contribution in [3.05, 3.63) is 0 Å². The van der Waals surface area contributed by atoms with Crippen LogP contribution in [-0.4, -0.2) is 23.9 Å². The van der Waals surface area contributed by atoms with Gasteiger partial charge in [-0.1, -0.05) is 0 Å². The quantitative estimate of drug-likeness (QED) is 0.235. The standard InChI is InChI=1S/4C2H4O2.4Cs/c4*1-2(3)4;;;;/h4*1H3,(H,3,4);;;;/q;;;;4*+1/p-4. The van der Waals surface area contributed by atoms with Crippen molar-refractivity contribution >= 4 is 23.9 Å². The Morgan fingerprint density at radius 2 is 0.450 bits per heavy atom. The third kappa shape index (κ3) is 346. The molecule has 8 nitrogen and oxygen atoms in total. The van der Waals surface area contributed by atoms with E-state index >= 15 is 0 Å². The molecule has 0 saturated carbocycles. The van der Waals surface area contributed by atoms with Crippen molar-refractivity contribution in [2.75, 3.05) is 0 Å². The second-order valence-electron chi connectivity index (χ2n) is 1.97. The number of rotatable bonds is 0. The average molecular weight is 768 g/mol. The summed E-state index contributed by atoms with van der Waals surface area (Å²) in [5, 5.41) is 35.6. The van der Waals surface area contributed by atoms with Gasteiger partial charge in [0.05, 0.1) is 0 Å². The monoisotopic (exact) mass is 768 g/mol. The van der Waals surface area contributed by atoms with Gasteiger partial charge in [-0.2, -0.15) is 0 Å². The van der Waals surface area contributed by atoms with E-state index in [4.69, 9.17) is 39.6 Å². The van der Waals surface area contributed by atoms with E-state index in [0.29, 0.717) is 0 Å². The number of carbonyl (C=O) groups is 4. The fraction of sp³-hybridized carbons (Fsp3) is 0.500. The Kier molecular flexibility index (Phi) is 112. The molecule has 0 rings (SSSR count). The molecular weight excluding hydrogens is 756 g/mol. The first-order valence-electron chi connectivity index (χ1n) is 3.63. The molecule has 0 bridgehead atoms. The fourth-order valence-corrected chi connectivity index (χ4v) is 0. The summed E-state index contributed by atoms with van der Waals surface area (Å²) in [6.45, 7) is 3.89. The topological polar surface area (TPSA) is 161 Å². The maximum Gasteiger partial charge on any atom is 1.00 e. The molecule has 0 aliphatic rings. The van der Waals surface area contributed by atoms with E-state index in [1.807, 2.05) is 0 Å². The van der Waals surface area contributed by atoms with Gasteiger partial charge in [0.2, 0.25) is 0 Å². The molecule has 0 unspecified atom stereocenters. The molecule has 12 heteroatoms. The number of hydrogen-bond acceptors (Lipinski definition) is 8. The van der Waals surface area contributed by atoms with Crippen LogP contribution in [0.3, 0.4) is 0 Å². The normalized spacial score (nSPS) is 5.00. The van der Waals surface area contributed by atoms with Crippen LogP contribution in [0.2, 0.25) is 0 Å². The Hall–Kier alpha value is 6.09. The molecule has 0 N–H and O–H groups in total. The molecule has 0 aliphatic heterocycles. The van der Waals surface area contributed by atoms with E-state index in [1.165, 1.54) is 0 Å². The van der Waals surface area contributed by atoms with Crippen LogP contribution < -0.4 is 296 Å². The number of carboxylic acids is 4. The van der Waals surface area contributed by atoms with Crippen molar-refractivity contribution in [2.45, 2.75) is 27.7 Å². The van der Waals surface area contributed by atoms with E-state index in [1.54, 1.807) is 0 Å². The predicted molar refractivity (Wildman–Crippen MR) is 42.7 cm³/mol.